The molecule has 0 radical (unpaired) electrons. The highest BCUT2D eigenvalue weighted by Crippen LogP contribution is 2.32. The number of hydrogen-bond donors (Lipinski definition) is 0. The molecule has 6 nitrogen and oxygen atoms in total. The average molecular weight is 299 g/mol. The second-order valence-corrected chi connectivity index (χ2v) is 6.09. The van der Waals surface area contributed by atoms with Gasteiger partial charge < -0.3 is 14.0 Å². The third-order valence-corrected chi connectivity index (χ3v) is 4.33. The first-order valence-corrected chi connectivity index (χ1v) is 7.59. The molecule has 1 amide bonds. The minimum atomic E-state index is -0.346. The lowest BCUT2D eigenvalue weighted by atomic mass is 10.1. The molecule has 6 heteroatoms. The summed E-state index contributed by atoms with van der Waals surface area (Å²) in [6.07, 6.45) is 7.88. The van der Waals surface area contributed by atoms with Crippen molar-refractivity contribution in [1.29, 1.82) is 0 Å². The monoisotopic (exact) mass is 299 g/mol. The van der Waals surface area contributed by atoms with E-state index in [-0.39, 0.29) is 17.8 Å². The highest BCUT2D eigenvalue weighted by atomic mass is 16.5. The summed E-state index contributed by atoms with van der Waals surface area (Å²) in [4.78, 5) is 30.0. The van der Waals surface area contributed by atoms with Crippen LogP contribution in [0.15, 0.2) is 30.9 Å². The normalized spacial score (nSPS) is 21.5. The van der Waals surface area contributed by atoms with Gasteiger partial charge in [0.1, 0.15) is 0 Å². The van der Waals surface area contributed by atoms with Crippen molar-refractivity contribution in [2.24, 2.45) is 5.92 Å². The zero-order chi connectivity index (χ0) is 15.1. The van der Waals surface area contributed by atoms with Crippen LogP contribution in [0.1, 0.15) is 29.6 Å². The minimum absolute atomic E-state index is 0.121. The molecule has 4 rings (SSSR count). The summed E-state index contributed by atoms with van der Waals surface area (Å²) in [5, 5.41) is 0. The fourth-order valence-electron chi connectivity index (χ4n) is 2.98. The molecule has 2 fully saturated rings. The SMILES string of the molecule is O=C(OC[C@@H]1CC(=O)N(C2CC2)C1)c1ccn2cncc2c1. The standard InChI is InChI=1S/C16H17N3O3/c20-15-5-11(8-19(15)13-1-2-13)9-22-16(21)12-3-4-18-10-17-7-14(18)6-12/h3-4,6-7,10-11,13H,1-2,5,8-9H2/t11-/m1/s1. The highest BCUT2D eigenvalue weighted by Gasteiger charge is 2.39. The van der Waals surface area contributed by atoms with Crippen LogP contribution in [0.5, 0.6) is 0 Å². The minimum Gasteiger partial charge on any atom is -0.462 e. The van der Waals surface area contributed by atoms with Crippen LogP contribution < -0.4 is 0 Å². The van der Waals surface area contributed by atoms with E-state index >= 15 is 0 Å². The van der Waals surface area contributed by atoms with E-state index < -0.39 is 0 Å². The van der Waals surface area contributed by atoms with Gasteiger partial charge in [-0.05, 0) is 25.0 Å². The van der Waals surface area contributed by atoms with Crippen molar-refractivity contribution in [1.82, 2.24) is 14.3 Å². The largest absolute Gasteiger partial charge is 0.462 e. The quantitative estimate of drug-likeness (QED) is 0.803. The lowest BCUT2D eigenvalue weighted by molar-refractivity contribution is -0.128. The van der Waals surface area contributed by atoms with Crippen LogP contribution in [0.4, 0.5) is 0 Å². The van der Waals surface area contributed by atoms with E-state index in [4.69, 9.17) is 4.74 Å². The molecule has 2 aromatic rings. The molecule has 0 aromatic carbocycles. The van der Waals surface area contributed by atoms with Crippen molar-refractivity contribution in [3.05, 3.63) is 36.4 Å². The first-order chi connectivity index (χ1) is 10.7. The van der Waals surface area contributed by atoms with E-state index in [1.54, 1.807) is 30.9 Å². The molecule has 1 atom stereocenters. The first kappa shape index (κ1) is 13.3. The van der Waals surface area contributed by atoms with Crippen molar-refractivity contribution in [2.45, 2.75) is 25.3 Å². The smallest absolute Gasteiger partial charge is 0.338 e. The van der Waals surface area contributed by atoms with Gasteiger partial charge in [0, 0.05) is 31.1 Å². The lowest BCUT2D eigenvalue weighted by Crippen LogP contribution is -2.27. The number of likely N-dealkylation sites (tertiary alicyclic amines) is 1. The topological polar surface area (TPSA) is 63.9 Å². The van der Waals surface area contributed by atoms with Crippen molar-refractivity contribution < 1.29 is 14.3 Å². The zero-order valence-corrected chi connectivity index (χ0v) is 12.1. The van der Waals surface area contributed by atoms with Crippen LogP contribution in [-0.4, -0.2) is 45.4 Å². The molecule has 0 N–H and O–H groups in total. The van der Waals surface area contributed by atoms with Crippen LogP contribution in [0.25, 0.3) is 5.52 Å². The maximum Gasteiger partial charge on any atom is 0.338 e. The Labute approximate surface area is 127 Å². The molecule has 3 heterocycles. The number of carbonyl (C=O) groups is 2. The number of pyridine rings is 1. The molecule has 2 aliphatic rings. The maximum atomic E-state index is 12.1. The van der Waals surface area contributed by atoms with Gasteiger partial charge in [0.15, 0.2) is 0 Å². The Morgan fingerprint density at radius 1 is 1.41 bits per heavy atom. The molecular formula is C16H17N3O3. The van der Waals surface area contributed by atoms with E-state index in [0.29, 0.717) is 24.6 Å². The third-order valence-electron chi connectivity index (χ3n) is 4.33. The summed E-state index contributed by atoms with van der Waals surface area (Å²) in [5.41, 5.74) is 1.36. The van der Waals surface area contributed by atoms with Gasteiger partial charge in [-0.3, -0.25) is 4.79 Å². The molecule has 114 valence electrons. The molecule has 1 aliphatic carbocycles. The fourth-order valence-corrected chi connectivity index (χ4v) is 2.98. The second-order valence-electron chi connectivity index (χ2n) is 6.09. The molecular weight excluding hydrogens is 282 g/mol. The van der Waals surface area contributed by atoms with Gasteiger partial charge in [0.25, 0.3) is 0 Å². The number of imidazole rings is 1. The molecule has 1 saturated carbocycles. The summed E-state index contributed by atoms with van der Waals surface area (Å²) in [6, 6.07) is 3.91. The predicted octanol–water partition coefficient (Wildman–Crippen LogP) is 1.50. The van der Waals surface area contributed by atoms with Gasteiger partial charge in [-0.25, -0.2) is 9.78 Å². The summed E-state index contributed by atoms with van der Waals surface area (Å²) >= 11 is 0. The van der Waals surface area contributed by atoms with E-state index in [1.807, 2.05) is 9.30 Å². The van der Waals surface area contributed by atoms with Crippen LogP contribution in [0.2, 0.25) is 0 Å². The Kier molecular flexibility index (Phi) is 3.10. The molecule has 1 saturated heterocycles. The predicted molar refractivity (Wildman–Crippen MR) is 78.3 cm³/mol. The van der Waals surface area contributed by atoms with Gasteiger partial charge in [0.05, 0.1) is 30.2 Å². The third kappa shape index (κ3) is 2.45. The zero-order valence-electron chi connectivity index (χ0n) is 12.1. The van der Waals surface area contributed by atoms with Crippen LogP contribution >= 0.6 is 0 Å². The number of esters is 1. The van der Waals surface area contributed by atoms with E-state index in [9.17, 15) is 9.59 Å². The highest BCUT2D eigenvalue weighted by molar-refractivity contribution is 5.90. The molecule has 22 heavy (non-hydrogen) atoms. The Hall–Kier alpha value is -2.37. The number of carbonyl (C=O) groups excluding carboxylic acids is 2. The Morgan fingerprint density at radius 2 is 2.27 bits per heavy atom. The molecule has 0 spiro atoms. The summed E-state index contributed by atoms with van der Waals surface area (Å²) in [6.45, 7) is 1.02. The van der Waals surface area contributed by atoms with Crippen molar-refractivity contribution in [2.75, 3.05) is 13.2 Å². The van der Waals surface area contributed by atoms with Crippen LogP contribution in [0.3, 0.4) is 0 Å². The number of aromatic nitrogens is 2. The van der Waals surface area contributed by atoms with Gasteiger partial charge in [0.2, 0.25) is 5.91 Å². The van der Waals surface area contributed by atoms with Gasteiger partial charge >= 0.3 is 5.97 Å². The fraction of sp³-hybridized carbons (Fsp3) is 0.438. The second kappa shape index (κ2) is 5.12. The number of nitrogens with zero attached hydrogens (tertiary/aromatic N) is 3. The Morgan fingerprint density at radius 3 is 3.09 bits per heavy atom. The van der Waals surface area contributed by atoms with Gasteiger partial charge in [-0.2, -0.15) is 0 Å². The van der Waals surface area contributed by atoms with Crippen LogP contribution in [-0.2, 0) is 9.53 Å². The number of rotatable bonds is 4. The lowest BCUT2D eigenvalue weighted by Gasteiger charge is -2.15. The first-order valence-electron chi connectivity index (χ1n) is 7.59. The molecule has 1 aliphatic heterocycles. The van der Waals surface area contributed by atoms with E-state index in [0.717, 1.165) is 24.9 Å². The summed E-state index contributed by atoms with van der Waals surface area (Å²) in [5.74, 6) is -0.0269. The molecule has 2 aromatic heterocycles. The maximum absolute atomic E-state index is 12.1. The van der Waals surface area contributed by atoms with Crippen LogP contribution in [0, 0.1) is 5.92 Å². The van der Waals surface area contributed by atoms with Crippen molar-refractivity contribution >= 4 is 17.4 Å². The molecule has 0 unspecified atom stereocenters. The number of hydrogen-bond acceptors (Lipinski definition) is 4. The van der Waals surface area contributed by atoms with Crippen molar-refractivity contribution in [3.63, 3.8) is 0 Å². The Bertz CT molecular complexity index is 735. The van der Waals surface area contributed by atoms with Gasteiger partial charge in [-0.15, -0.1) is 0 Å². The summed E-state index contributed by atoms with van der Waals surface area (Å²) < 4.78 is 7.22. The number of fused-ring (bicyclic) bond motifs is 1. The molecule has 0 bridgehead atoms. The van der Waals surface area contributed by atoms with E-state index in [1.165, 1.54) is 0 Å². The number of amides is 1. The number of ether oxygens (including phenoxy) is 1. The average Bonchev–Trinajstić information content (AvgIpc) is 3.13. The van der Waals surface area contributed by atoms with Crippen molar-refractivity contribution in [3.8, 4) is 0 Å². The van der Waals surface area contributed by atoms with E-state index in [2.05, 4.69) is 4.98 Å². The summed E-state index contributed by atoms with van der Waals surface area (Å²) in [7, 11) is 0. The Balaban J connectivity index is 1.37. The van der Waals surface area contributed by atoms with Gasteiger partial charge in [-0.1, -0.05) is 0 Å².